The number of pyridine rings is 1. The summed E-state index contributed by atoms with van der Waals surface area (Å²) in [4.78, 5) is 15.7. The van der Waals surface area contributed by atoms with Crippen LogP contribution in [0.2, 0.25) is 0 Å². The van der Waals surface area contributed by atoms with Crippen molar-refractivity contribution in [1.82, 2.24) is 9.71 Å². The van der Waals surface area contributed by atoms with Crippen molar-refractivity contribution in [3.05, 3.63) is 77.6 Å². The largest absolute Gasteiger partial charge is 0.598 e. The second-order valence-electron chi connectivity index (χ2n) is 9.68. The molecule has 2 heterocycles. The minimum Gasteiger partial charge on any atom is -0.598 e. The van der Waals surface area contributed by atoms with E-state index in [1.54, 1.807) is 36.5 Å². The molecule has 4 aromatic rings. The van der Waals surface area contributed by atoms with Crippen molar-refractivity contribution in [3.8, 4) is 22.6 Å². The highest BCUT2D eigenvalue weighted by Crippen LogP contribution is 2.33. The molecule has 0 aliphatic carbocycles. The van der Waals surface area contributed by atoms with Crippen LogP contribution >= 0.6 is 0 Å². The van der Waals surface area contributed by atoms with E-state index in [9.17, 15) is 18.8 Å². The molecule has 0 spiro atoms. The van der Waals surface area contributed by atoms with E-state index in [1.807, 2.05) is 32.9 Å². The third-order valence-corrected chi connectivity index (χ3v) is 7.24. The number of nitrogens with one attached hydrogen (secondary N) is 1. The summed E-state index contributed by atoms with van der Waals surface area (Å²) in [6.45, 7) is 6.03. The Balaban J connectivity index is 1.64. The van der Waals surface area contributed by atoms with Crippen LogP contribution in [-0.2, 0) is 35.7 Å². The lowest BCUT2D eigenvalue weighted by Gasteiger charge is -2.23. The Bertz CT molecular complexity index is 1450. The molecule has 38 heavy (non-hydrogen) atoms. The molecule has 2 N–H and O–H groups in total. The molecule has 0 fully saturated rings. The van der Waals surface area contributed by atoms with Crippen molar-refractivity contribution >= 4 is 28.3 Å². The normalized spacial score (nSPS) is 12.5. The average molecular weight is 541 g/mol. The molecular formula is C28H29FN2O6S. The van der Waals surface area contributed by atoms with Crippen LogP contribution in [0.25, 0.3) is 22.1 Å². The third-order valence-electron chi connectivity index (χ3n) is 5.72. The molecule has 10 heteroatoms. The maximum Gasteiger partial charge on any atom is 0.307 e. The van der Waals surface area contributed by atoms with Crippen LogP contribution in [0.3, 0.4) is 0 Å². The molecule has 4 rings (SSSR count). The highest BCUT2D eigenvalue weighted by molar-refractivity contribution is 7.90. The number of benzene rings is 2. The Hall–Kier alpha value is -3.60. The molecule has 0 aliphatic heterocycles. The van der Waals surface area contributed by atoms with E-state index < -0.39 is 28.1 Å². The van der Waals surface area contributed by atoms with Crippen molar-refractivity contribution < 1.29 is 32.7 Å². The number of aliphatic carboxylic acids is 1. The Morgan fingerprint density at radius 2 is 1.97 bits per heavy atom. The van der Waals surface area contributed by atoms with Gasteiger partial charge in [0.05, 0.1) is 25.8 Å². The lowest BCUT2D eigenvalue weighted by Crippen LogP contribution is -2.39. The zero-order valence-corrected chi connectivity index (χ0v) is 22.4. The van der Waals surface area contributed by atoms with E-state index in [-0.39, 0.29) is 13.0 Å². The summed E-state index contributed by atoms with van der Waals surface area (Å²) < 4.78 is 45.7. The van der Waals surface area contributed by atoms with Gasteiger partial charge in [0.25, 0.3) is 6.01 Å². The van der Waals surface area contributed by atoms with Gasteiger partial charge in [-0.25, -0.2) is 0 Å². The van der Waals surface area contributed by atoms with E-state index in [4.69, 9.17) is 13.9 Å². The van der Waals surface area contributed by atoms with Gasteiger partial charge in [0, 0.05) is 46.2 Å². The first-order chi connectivity index (χ1) is 18.0. The summed E-state index contributed by atoms with van der Waals surface area (Å²) in [6, 6.07) is 12.8. The summed E-state index contributed by atoms with van der Waals surface area (Å²) in [5.41, 5.74) is 3.66. The summed E-state index contributed by atoms with van der Waals surface area (Å²) in [7, 11) is 1.52. The van der Waals surface area contributed by atoms with Gasteiger partial charge in [0.15, 0.2) is 0 Å². The summed E-state index contributed by atoms with van der Waals surface area (Å²) in [5.74, 6) is -0.0599. The molecule has 0 radical (unpaired) electrons. The predicted octanol–water partition coefficient (Wildman–Crippen LogP) is 5.40. The molecule has 0 bridgehead atoms. The van der Waals surface area contributed by atoms with Crippen LogP contribution in [0.1, 0.15) is 37.6 Å². The van der Waals surface area contributed by atoms with Gasteiger partial charge in [-0.15, -0.1) is 4.72 Å². The van der Waals surface area contributed by atoms with E-state index in [1.165, 1.54) is 13.2 Å². The first kappa shape index (κ1) is 27.4. The van der Waals surface area contributed by atoms with E-state index in [2.05, 4.69) is 9.71 Å². The number of furan rings is 1. The van der Waals surface area contributed by atoms with Crippen molar-refractivity contribution in [2.24, 2.45) is 0 Å². The number of aromatic nitrogens is 1. The summed E-state index contributed by atoms with van der Waals surface area (Å²) in [5, 5.41) is 9.81. The number of carboxylic acid groups (broad SMARTS) is 1. The van der Waals surface area contributed by atoms with Gasteiger partial charge in [-0.3, -0.25) is 9.78 Å². The summed E-state index contributed by atoms with van der Waals surface area (Å²) >= 11 is -1.26. The molecule has 0 aliphatic rings. The van der Waals surface area contributed by atoms with Crippen LogP contribution in [0.5, 0.6) is 11.5 Å². The number of hydrogen-bond acceptors (Lipinski definition) is 7. The second kappa shape index (κ2) is 11.4. The molecule has 8 nitrogen and oxygen atoms in total. The number of methoxy groups -OCH3 is 1. The fraction of sp³-hybridized carbons (Fsp3) is 0.286. The fourth-order valence-electron chi connectivity index (χ4n) is 3.85. The lowest BCUT2D eigenvalue weighted by atomic mass is 10.0. The van der Waals surface area contributed by atoms with Gasteiger partial charge in [-0.05, 0) is 62.2 Å². The first-order valence-electron chi connectivity index (χ1n) is 11.9. The van der Waals surface area contributed by atoms with Gasteiger partial charge in [0.1, 0.15) is 28.4 Å². The number of carbonyl (C=O) groups is 1. The first-order valence-corrected chi connectivity index (χ1v) is 13.0. The monoisotopic (exact) mass is 540 g/mol. The second-order valence-corrected chi connectivity index (χ2v) is 11.7. The van der Waals surface area contributed by atoms with Crippen molar-refractivity contribution in [2.45, 2.75) is 45.1 Å². The van der Waals surface area contributed by atoms with Gasteiger partial charge in [-0.1, -0.05) is 6.07 Å². The highest BCUT2D eigenvalue weighted by atomic mass is 32.2. The minimum absolute atomic E-state index is 0.0968. The topological polar surface area (TPSA) is 117 Å². The van der Waals surface area contributed by atoms with E-state index >= 15 is 0 Å². The van der Waals surface area contributed by atoms with Gasteiger partial charge < -0.3 is 23.6 Å². The molecule has 0 saturated carbocycles. The Morgan fingerprint density at radius 3 is 2.68 bits per heavy atom. The average Bonchev–Trinajstić information content (AvgIpc) is 3.25. The lowest BCUT2D eigenvalue weighted by molar-refractivity contribution is -0.136. The van der Waals surface area contributed by atoms with Crippen molar-refractivity contribution in [2.75, 3.05) is 7.11 Å². The summed E-state index contributed by atoms with van der Waals surface area (Å²) in [6.07, 6.45) is 1.43. The number of carboxylic acids is 1. The van der Waals surface area contributed by atoms with Crippen molar-refractivity contribution in [3.63, 3.8) is 0 Å². The molecule has 200 valence electrons. The molecule has 2 aromatic carbocycles. The standard InChI is InChI=1S/C28H29FN2O6S/c1-28(2,3)38(34)31-15-21-11-18(7-8-30-21)23-10-17(9-20-12-25(29)37-27(20)23)16-36-24-14-22(35-4)6-5-19(24)13-26(32)33/h5-12,14,31H,13,15-16H2,1-4H3,(H,32,33)/t38-/m0/s1. The van der Waals surface area contributed by atoms with E-state index in [0.717, 1.165) is 11.1 Å². The number of ether oxygens (including phenoxy) is 2. The number of fused-ring (bicyclic) bond motifs is 1. The predicted molar refractivity (Wildman–Crippen MR) is 143 cm³/mol. The molecular weight excluding hydrogens is 511 g/mol. The van der Waals surface area contributed by atoms with Crippen LogP contribution in [-0.4, -0.2) is 32.5 Å². The van der Waals surface area contributed by atoms with Crippen LogP contribution < -0.4 is 14.2 Å². The van der Waals surface area contributed by atoms with Crippen LogP contribution in [0, 0.1) is 6.01 Å². The highest BCUT2D eigenvalue weighted by Gasteiger charge is 2.26. The maximum atomic E-state index is 14.1. The zero-order valence-electron chi connectivity index (χ0n) is 21.5. The quantitative estimate of drug-likeness (QED) is 0.257. The van der Waals surface area contributed by atoms with Gasteiger partial charge >= 0.3 is 5.97 Å². The SMILES string of the molecule is COc1ccc(CC(=O)O)c(OCc2cc(-c3ccnc(CN[S@@+]([O-])C(C)(C)C)c3)c3oc(F)cc3c2)c1. The third kappa shape index (κ3) is 6.63. The smallest absolute Gasteiger partial charge is 0.307 e. The van der Waals surface area contributed by atoms with Gasteiger partial charge in [-0.2, -0.15) is 4.39 Å². The van der Waals surface area contributed by atoms with Gasteiger partial charge in [0.2, 0.25) is 0 Å². The Labute approximate surface area is 223 Å². The molecule has 0 unspecified atom stereocenters. The van der Waals surface area contributed by atoms with Crippen LogP contribution in [0.4, 0.5) is 4.39 Å². The fourth-order valence-corrected chi connectivity index (χ4v) is 4.56. The Morgan fingerprint density at radius 1 is 1.18 bits per heavy atom. The molecule has 0 amide bonds. The molecule has 1 atom stereocenters. The molecule has 0 saturated heterocycles. The maximum absolute atomic E-state index is 14.1. The van der Waals surface area contributed by atoms with E-state index in [0.29, 0.717) is 45.8 Å². The van der Waals surface area contributed by atoms with Crippen molar-refractivity contribution in [1.29, 1.82) is 0 Å². The zero-order chi connectivity index (χ0) is 27.4. The van der Waals surface area contributed by atoms with Crippen LogP contribution in [0.15, 0.2) is 59.1 Å². The minimum atomic E-state index is -1.26. The Kier molecular flexibility index (Phi) is 8.25. The number of rotatable bonds is 10. The number of nitrogens with zero attached hydrogens (tertiary/aromatic N) is 1. The number of halogens is 1. The number of hydrogen-bond donors (Lipinski definition) is 2. The molecule has 2 aromatic heterocycles.